The second-order valence-corrected chi connectivity index (χ2v) is 6.47. The number of carbonyl (C=O) groups is 2. The Morgan fingerprint density at radius 3 is 2.54 bits per heavy atom. The lowest BCUT2D eigenvalue weighted by Crippen LogP contribution is -2.07. The zero-order chi connectivity index (χ0) is 16.9. The van der Waals surface area contributed by atoms with Crippen molar-refractivity contribution >= 4 is 33.2 Å². The van der Waals surface area contributed by atoms with Gasteiger partial charge in [0.25, 0.3) is 0 Å². The Balaban J connectivity index is 1.66. The van der Waals surface area contributed by atoms with Crippen LogP contribution in [0, 0.1) is 0 Å². The first kappa shape index (κ1) is 16.4. The lowest BCUT2D eigenvalue weighted by atomic mass is 10.1. The minimum Gasteiger partial charge on any atom is -0.461 e. The van der Waals surface area contributed by atoms with Crippen LogP contribution in [-0.2, 0) is 22.6 Å². The number of thiophene rings is 1. The van der Waals surface area contributed by atoms with E-state index >= 15 is 0 Å². The third-order valence-corrected chi connectivity index (χ3v) is 4.75. The van der Waals surface area contributed by atoms with E-state index in [-0.39, 0.29) is 24.8 Å². The van der Waals surface area contributed by atoms with E-state index in [1.54, 1.807) is 6.07 Å². The van der Waals surface area contributed by atoms with Gasteiger partial charge in [0.1, 0.15) is 13.2 Å². The molecule has 24 heavy (non-hydrogen) atoms. The summed E-state index contributed by atoms with van der Waals surface area (Å²) in [5.74, 6) is -0.583. The number of esters is 1. The maximum Gasteiger partial charge on any atom is 0.310 e. The molecular formula is C19H16O4S. The number of hydrogen-bond donors (Lipinski definition) is 1. The van der Waals surface area contributed by atoms with Crippen molar-refractivity contribution in [2.45, 2.75) is 13.0 Å². The van der Waals surface area contributed by atoms with Crippen molar-refractivity contribution in [3.05, 3.63) is 70.6 Å². The molecule has 0 aliphatic rings. The van der Waals surface area contributed by atoms with E-state index in [4.69, 9.17) is 9.84 Å². The Morgan fingerprint density at radius 2 is 1.79 bits per heavy atom. The van der Waals surface area contributed by atoms with Crippen LogP contribution in [-0.4, -0.2) is 23.5 Å². The number of ether oxygens (including phenoxy) is 1. The predicted octanol–water partition coefficient (Wildman–Crippen LogP) is 3.36. The van der Waals surface area contributed by atoms with Crippen LogP contribution in [0.15, 0.2) is 54.6 Å². The summed E-state index contributed by atoms with van der Waals surface area (Å²) < 4.78 is 6.23. The molecule has 3 aromatic rings. The molecule has 0 atom stereocenters. The van der Waals surface area contributed by atoms with Gasteiger partial charge in [-0.25, -0.2) is 0 Å². The van der Waals surface area contributed by atoms with Crippen LogP contribution in [0.1, 0.15) is 20.8 Å². The van der Waals surface area contributed by atoms with Crippen molar-refractivity contribution in [2.24, 2.45) is 0 Å². The summed E-state index contributed by atoms with van der Waals surface area (Å²) in [7, 11) is 0. The molecule has 0 amide bonds. The number of hydrogen-bond acceptors (Lipinski definition) is 5. The molecule has 0 spiro atoms. The van der Waals surface area contributed by atoms with Crippen LogP contribution in [0.3, 0.4) is 0 Å². The fourth-order valence-electron chi connectivity index (χ4n) is 2.37. The second kappa shape index (κ2) is 7.38. The third-order valence-electron chi connectivity index (χ3n) is 3.59. The molecular weight excluding hydrogens is 324 g/mol. The van der Waals surface area contributed by atoms with Gasteiger partial charge in [-0.1, -0.05) is 36.4 Å². The molecule has 0 saturated carbocycles. The van der Waals surface area contributed by atoms with Crippen LogP contribution < -0.4 is 0 Å². The number of benzene rings is 2. The highest BCUT2D eigenvalue weighted by molar-refractivity contribution is 7.20. The molecule has 0 radical (unpaired) electrons. The summed E-state index contributed by atoms with van der Waals surface area (Å²) in [6, 6.07) is 16.9. The van der Waals surface area contributed by atoms with Crippen LogP contribution in [0.25, 0.3) is 10.1 Å². The highest BCUT2D eigenvalue weighted by Gasteiger charge is 2.11. The lowest BCUT2D eigenvalue weighted by Gasteiger charge is -2.05. The van der Waals surface area contributed by atoms with E-state index in [0.29, 0.717) is 4.88 Å². The molecule has 2 aromatic carbocycles. The molecule has 0 aliphatic carbocycles. The van der Waals surface area contributed by atoms with E-state index in [1.165, 1.54) is 11.3 Å². The van der Waals surface area contributed by atoms with Crippen LogP contribution in [0.5, 0.6) is 0 Å². The highest BCUT2D eigenvalue weighted by atomic mass is 32.1. The summed E-state index contributed by atoms with van der Waals surface area (Å²) in [6.45, 7) is -0.235. The molecule has 0 fully saturated rings. The summed E-state index contributed by atoms with van der Waals surface area (Å²) in [5.41, 5.74) is 1.78. The van der Waals surface area contributed by atoms with E-state index in [0.717, 1.165) is 21.2 Å². The summed E-state index contributed by atoms with van der Waals surface area (Å²) in [6.07, 6.45) is 0.182. The van der Waals surface area contributed by atoms with Crippen LogP contribution in [0.4, 0.5) is 0 Å². The van der Waals surface area contributed by atoms with Gasteiger partial charge in [-0.05, 0) is 34.7 Å². The van der Waals surface area contributed by atoms with Gasteiger partial charge in [0.05, 0.1) is 11.3 Å². The predicted molar refractivity (Wildman–Crippen MR) is 93.2 cm³/mol. The molecule has 1 N–H and O–H groups in total. The Bertz CT molecular complexity index is 867. The van der Waals surface area contributed by atoms with Gasteiger partial charge < -0.3 is 9.84 Å². The number of aliphatic hydroxyl groups is 1. The van der Waals surface area contributed by atoms with Crippen molar-refractivity contribution in [1.82, 2.24) is 0 Å². The standard InChI is InChI=1S/C19H16O4S/c20-11-16(21)18-10-15-8-14(6-7-17(15)24-18)9-19(22)23-12-13-4-2-1-3-5-13/h1-8,10,20H,9,11-12H2. The largest absolute Gasteiger partial charge is 0.461 e. The average molecular weight is 340 g/mol. The SMILES string of the molecule is O=C(Cc1ccc2sc(C(=O)CO)cc2c1)OCc1ccccc1. The Labute approximate surface area is 143 Å². The maximum atomic E-state index is 12.0. The van der Waals surface area contributed by atoms with Gasteiger partial charge in [-0.2, -0.15) is 0 Å². The Kier molecular flexibility index (Phi) is 5.03. The Morgan fingerprint density at radius 1 is 1.00 bits per heavy atom. The number of aliphatic hydroxyl groups excluding tert-OH is 1. The smallest absolute Gasteiger partial charge is 0.310 e. The summed E-state index contributed by atoms with van der Waals surface area (Å²) in [5, 5.41) is 9.83. The molecule has 5 heteroatoms. The lowest BCUT2D eigenvalue weighted by molar-refractivity contribution is -0.144. The van der Waals surface area contributed by atoms with Crippen molar-refractivity contribution < 1.29 is 19.4 Å². The molecule has 1 heterocycles. The van der Waals surface area contributed by atoms with Gasteiger partial charge in [0.15, 0.2) is 5.78 Å². The van der Waals surface area contributed by atoms with Gasteiger partial charge in [-0.3, -0.25) is 9.59 Å². The highest BCUT2D eigenvalue weighted by Crippen LogP contribution is 2.27. The van der Waals surface area contributed by atoms with Gasteiger partial charge in [-0.15, -0.1) is 11.3 Å². The molecule has 0 aliphatic heterocycles. The number of Topliss-reactive ketones (excluding diaryl/α,β-unsaturated/α-hetero) is 1. The summed E-state index contributed by atoms with van der Waals surface area (Å²) in [4.78, 5) is 24.1. The van der Waals surface area contributed by atoms with Crippen LogP contribution >= 0.6 is 11.3 Å². The Hall–Kier alpha value is -2.50. The van der Waals surface area contributed by atoms with Gasteiger partial charge in [0, 0.05) is 4.70 Å². The van der Waals surface area contributed by atoms with Gasteiger partial charge >= 0.3 is 5.97 Å². The van der Waals surface area contributed by atoms with E-state index < -0.39 is 6.61 Å². The molecule has 3 rings (SSSR count). The number of ketones is 1. The second-order valence-electron chi connectivity index (χ2n) is 5.39. The number of fused-ring (bicyclic) bond motifs is 1. The van der Waals surface area contributed by atoms with Gasteiger partial charge in [0.2, 0.25) is 0 Å². The van der Waals surface area contributed by atoms with E-state index in [2.05, 4.69) is 0 Å². The first-order chi connectivity index (χ1) is 11.7. The fraction of sp³-hybridized carbons (Fsp3) is 0.158. The molecule has 122 valence electrons. The minimum atomic E-state index is -0.495. The molecule has 4 nitrogen and oxygen atoms in total. The summed E-state index contributed by atoms with van der Waals surface area (Å²) >= 11 is 1.34. The molecule has 0 unspecified atom stereocenters. The average Bonchev–Trinajstić information content (AvgIpc) is 3.03. The topological polar surface area (TPSA) is 63.6 Å². The third kappa shape index (κ3) is 3.88. The molecule has 0 saturated heterocycles. The first-order valence-corrected chi connectivity index (χ1v) is 8.33. The quantitative estimate of drug-likeness (QED) is 0.552. The van der Waals surface area contributed by atoms with Crippen LogP contribution in [0.2, 0.25) is 0 Å². The van der Waals surface area contributed by atoms with Crippen molar-refractivity contribution in [3.63, 3.8) is 0 Å². The number of rotatable bonds is 6. The van der Waals surface area contributed by atoms with E-state index in [9.17, 15) is 9.59 Å². The maximum absolute atomic E-state index is 12.0. The normalized spacial score (nSPS) is 10.7. The minimum absolute atomic E-state index is 0.182. The van der Waals surface area contributed by atoms with E-state index in [1.807, 2.05) is 48.5 Å². The van der Waals surface area contributed by atoms with Crippen molar-refractivity contribution in [3.8, 4) is 0 Å². The number of carbonyl (C=O) groups excluding carboxylic acids is 2. The van der Waals surface area contributed by atoms with Crippen molar-refractivity contribution in [2.75, 3.05) is 6.61 Å². The fourth-order valence-corrected chi connectivity index (χ4v) is 3.35. The molecule has 0 bridgehead atoms. The van der Waals surface area contributed by atoms with Crippen molar-refractivity contribution in [1.29, 1.82) is 0 Å². The zero-order valence-corrected chi connectivity index (χ0v) is 13.7. The monoisotopic (exact) mass is 340 g/mol. The zero-order valence-electron chi connectivity index (χ0n) is 12.9. The first-order valence-electron chi connectivity index (χ1n) is 7.52. The molecule has 1 aromatic heterocycles.